The second-order valence-corrected chi connectivity index (χ2v) is 4.34. The lowest BCUT2D eigenvalue weighted by Crippen LogP contribution is -2.37. The highest BCUT2D eigenvalue weighted by molar-refractivity contribution is 14.1. The summed E-state index contributed by atoms with van der Waals surface area (Å²) in [5.74, 6) is -0.281. The van der Waals surface area contributed by atoms with Crippen LogP contribution in [0.4, 0.5) is 0 Å². The second-order valence-electron chi connectivity index (χ2n) is 3.37. The first-order valence-electron chi connectivity index (χ1n) is 4.76. The minimum Gasteiger partial charge on any atom is -0.346 e. The van der Waals surface area contributed by atoms with Crippen molar-refractivity contribution in [3.63, 3.8) is 0 Å². The quantitative estimate of drug-likeness (QED) is 0.775. The zero-order valence-corrected chi connectivity index (χ0v) is 10.2. The number of hydrogen-bond acceptors (Lipinski definition) is 5. The van der Waals surface area contributed by atoms with Crippen LogP contribution in [-0.4, -0.2) is 35.2 Å². The van der Waals surface area contributed by atoms with Crippen molar-refractivity contribution in [1.82, 2.24) is 20.8 Å². The van der Waals surface area contributed by atoms with E-state index in [1.165, 1.54) is 6.42 Å². The van der Waals surface area contributed by atoms with E-state index in [1.54, 1.807) is 0 Å². The molecule has 1 amide bonds. The fourth-order valence-electron chi connectivity index (χ4n) is 1.52. The van der Waals surface area contributed by atoms with Gasteiger partial charge in [-0.05, 0) is 19.4 Å². The van der Waals surface area contributed by atoms with Gasteiger partial charge < -0.3 is 15.2 Å². The van der Waals surface area contributed by atoms with Crippen molar-refractivity contribution in [1.29, 1.82) is 0 Å². The summed E-state index contributed by atoms with van der Waals surface area (Å²) in [4.78, 5) is 15.3. The summed E-state index contributed by atoms with van der Waals surface area (Å²) in [5, 5.41) is 9.58. The van der Waals surface area contributed by atoms with Crippen LogP contribution in [0.3, 0.4) is 0 Å². The van der Waals surface area contributed by atoms with Crippen LogP contribution in [0.25, 0.3) is 0 Å². The van der Waals surface area contributed by atoms with Crippen molar-refractivity contribution in [2.24, 2.45) is 0 Å². The Bertz CT molecular complexity index is 348. The van der Waals surface area contributed by atoms with Gasteiger partial charge in [-0.1, -0.05) is 5.16 Å². The van der Waals surface area contributed by atoms with Crippen LogP contribution in [0.15, 0.2) is 4.52 Å². The third-order valence-electron chi connectivity index (χ3n) is 2.27. The van der Waals surface area contributed by atoms with Gasteiger partial charge in [0, 0.05) is 35.2 Å². The zero-order chi connectivity index (χ0) is 10.7. The van der Waals surface area contributed by atoms with Gasteiger partial charge in [-0.25, -0.2) is 0 Å². The first kappa shape index (κ1) is 10.8. The number of nitrogens with zero attached hydrogens (tertiary/aromatic N) is 2. The molecule has 15 heavy (non-hydrogen) atoms. The Balaban J connectivity index is 1.81. The number of hydrogen-bond donors (Lipinski definition) is 2. The molecule has 1 aromatic heterocycles. The molecule has 1 unspecified atom stereocenters. The average Bonchev–Trinajstić information content (AvgIpc) is 2.84. The summed E-state index contributed by atoms with van der Waals surface area (Å²) in [6.45, 7) is 1.64. The SMILES string of the molecule is O=C(NCC1CCCN1)c1nc(I)no1. The van der Waals surface area contributed by atoms with Crippen molar-refractivity contribution in [3.05, 3.63) is 9.72 Å². The maximum absolute atomic E-state index is 11.5. The summed E-state index contributed by atoms with van der Waals surface area (Å²) < 4.78 is 5.18. The highest BCUT2D eigenvalue weighted by Crippen LogP contribution is 2.04. The van der Waals surface area contributed by atoms with E-state index >= 15 is 0 Å². The monoisotopic (exact) mass is 322 g/mol. The van der Waals surface area contributed by atoms with Crippen molar-refractivity contribution in [3.8, 4) is 0 Å². The maximum Gasteiger partial charge on any atom is 0.316 e. The average molecular weight is 322 g/mol. The molecule has 82 valence electrons. The molecule has 2 rings (SSSR count). The molecule has 7 heteroatoms. The molecule has 0 bridgehead atoms. The van der Waals surface area contributed by atoms with Gasteiger partial charge in [-0.2, -0.15) is 4.98 Å². The highest BCUT2D eigenvalue weighted by Gasteiger charge is 2.18. The molecule has 2 N–H and O–H groups in total. The Morgan fingerprint density at radius 2 is 2.60 bits per heavy atom. The molecule has 0 spiro atoms. The summed E-state index contributed by atoms with van der Waals surface area (Å²) in [6.07, 6.45) is 2.26. The van der Waals surface area contributed by atoms with E-state index in [0.29, 0.717) is 16.4 Å². The third kappa shape index (κ3) is 2.88. The summed E-state index contributed by atoms with van der Waals surface area (Å²) in [7, 11) is 0. The van der Waals surface area contributed by atoms with Gasteiger partial charge in [-0.3, -0.25) is 4.79 Å². The van der Waals surface area contributed by atoms with E-state index in [4.69, 9.17) is 4.52 Å². The van der Waals surface area contributed by atoms with Gasteiger partial charge in [0.2, 0.25) is 3.83 Å². The van der Waals surface area contributed by atoms with Crippen LogP contribution in [0.2, 0.25) is 0 Å². The molecule has 1 saturated heterocycles. The number of rotatable bonds is 3. The molecule has 0 saturated carbocycles. The summed E-state index contributed by atoms with van der Waals surface area (Å²) >= 11 is 1.89. The Morgan fingerprint density at radius 3 is 3.20 bits per heavy atom. The lowest BCUT2D eigenvalue weighted by molar-refractivity contribution is 0.0906. The second kappa shape index (κ2) is 4.88. The van der Waals surface area contributed by atoms with Crippen LogP contribution in [-0.2, 0) is 0 Å². The van der Waals surface area contributed by atoms with E-state index < -0.39 is 0 Å². The molecule has 1 aliphatic heterocycles. The lowest BCUT2D eigenvalue weighted by atomic mass is 10.2. The molecule has 6 nitrogen and oxygen atoms in total. The van der Waals surface area contributed by atoms with Crippen LogP contribution in [0, 0.1) is 3.83 Å². The van der Waals surface area contributed by atoms with Crippen molar-refractivity contribution >= 4 is 28.5 Å². The molecule has 0 radical (unpaired) electrons. The van der Waals surface area contributed by atoms with Crippen LogP contribution in [0.1, 0.15) is 23.5 Å². The Morgan fingerprint density at radius 1 is 1.73 bits per heavy atom. The smallest absolute Gasteiger partial charge is 0.316 e. The Hall–Kier alpha value is -0.700. The number of halogens is 1. The molecule has 0 aliphatic carbocycles. The normalized spacial score (nSPS) is 20.5. The van der Waals surface area contributed by atoms with Gasteiger partial charge >= 0.3 is 11.8 Å². The maximum atomic E-state index is 11.5. The highest BCUT2D eigenvalue weighted by atomic mass is 127. The fourth-order valence-corrected chi connectivity index (χ4v) is 1.84. The van der Waals surface area contributed by atoms with Crippen LogP contribution in [0.5, 0.6) is 0 Å². The van der Waals surface area contributed by atoms with E-state index in [2.05, 4.69) is 20.8 Å². The molecule has 2 heterocycles. The first-order chi connectivity index (χ1) is 7.25. The van der Waals surface area contributed by atoms with E-state index in [-0.39, 0.29) is 11.8 Å². The van der Waals surface area contributed by atoms with Gasteiger partial charge in [0.05, 0.1) is 0 Å². The van der Waals surface area contributed by atoms with Crippen molar-refractivity contribution in [2.45, 2.75) is 18.9 Å². The molecule has 1 atom stereocenters. The fraction of sp³-hybridized carbons (Fsp3) is 0.625. The van der Waals surface area contributed by atoms with E-state index in [0.717, 1.165) is 13.0 Å². The minimum atomic E-state index is -0.306. The Labute approximate surface area is 100 Å². The molecule has 1 fully saturated rings. The number of aromatic nitrogens is 2. The van der Waals surface area contributed by atoms with Gasteiger partial charge in [0.25, 0.3) is 0 Å². The largest absolute Gasteiger partial charge is 0.346 e. The molecule has 1 aromatic rings. The van der Waals surface area contributed by atoms with Crippen molar-refractivity contribution < 1.29 is 9.32 Å². The van der Waals surface area contributed by atoms with E-state index in [1.807, 2.05) is 22.6 Å². The minimum absolute atomic E-state index is 0.0254. The molecular weight excluding hydrogens is 311 g/mol. The Kier molecular flexibility index (Phi) is 3.52. The predicted molar refractivity (Wildman–Crippen MR) is 60.4 cm³/mol. The van der Waals surface area contributed by atoms with E-state index in [9.17, 15) is 4.79 Å². The standard InChI is InChI=1S/C8H11IN4O2/c9-8-12-7(15-13-8)6(14)11-4-5-2-1-3-10-5/h5,10H,1-4H2,(H,11,14). The zero-order valence-electron chi connectivity index (χ0n) is 7.99. The number of carbonyl (C=O) groups excluding carboxylic acids is 1. The first-order valence-corrected chi connectivity index (χ1v) is 5.84. The number of amides is 1. The van der Waals surface area contributed by atoms with Gasteiger partial charge in [-0.15, -0.1) is 0 Å². The third-order valence-corrected chi connectivity index (χ3v) is 2.71. The predicted octanol–water partition coefficient (Wildman–Crippen LogP) is 0.156. The van der Waals surface area contributed by atoms with Gasteiger partial charge in [0.1, 0.15) is 0 Å². The number of nitrogens with one attached hydrogen (secondary N) is 2. The van der Waals surface area contributed by atoms with Crippen LogP contribution < -0.4 is 10.6 Å². The summed E-state index contributed by atoms with van der Waals surface area (Å²) in [5.41, 5.74) is 0. The molecule has 0 aromatic carbocycles. The van der Waals surface area contributed by atoms with Gasteiger partial charge in [0.15, 0.2) is 0 Å². The summed E-state index contributed by atoms with van der Waals surface area (Å²) in [6, 6.07) is 0.371. The van der Waals surface area contributed by atoms with Crippen molar-refractivity contribution in [2.75, 3.05) is 13.1 Å². The molecular formula is C8H11IN4O2. The van der Waals surface area contributed by atoms with Crippen LogP contribution >= 0.6 is 22.6 Å². The number of carbonyl (C=O) groups is 1. The lowest BCUT2D eigenvalue weighted by Gasteiger charge is -2.09. The topological polar surface area (TPSA) is 80.0 Å². The molecule has 1 aliphatic rings.